The standard InChI is InChI=1S/C23H12F3N5O/c24-23(25,26)17-9-19-16(10-28-22(19)29-11-17)5-6-18-12-27-21-8-7-20(30-31(18)21)15-3-1-14(13-32)2-4-15/h1-4,7-13H,(H,28,29). The Morgan fingerprint density at radius 2 is 1.81 bits per heavy atom. The van der Waals surface area contributed by atoms with Crippen LogP contribution in [0.15, 0.2) is 61.1 Å². The van der Waals surface area contributed by atoms with Crippen LogP contribution in [-0.4, -0.2) is 30.9 Å². The van der Waals surface area contributed by atoms with Crippen molar-refractivity contribution in [3.05, 3.63) is 83.4 Å². The first kappa shape index (κ1) is 19.5. The molecule has 0 saturated carbocycles. The zero-order chi connectivity index (χ0) is 22.3. The molecule has 0 atom stereocenters. The molecule has 0 aliphatic heterocycles. The molecule has 1 N–H and O–H groups in total. The van der Waals surface area contributed by atoms with Gasteiger partial charge in [0.2, 0.25) is 0 Å². The second-order valence-corrected chi connectivity index (χ2v) is 6.94. The minimum Gasteiger partial charge on any atom is -0.345 e. The van der Waals surface area contributed by atoms with Gasteiger partial charge in [0.25, 0.3) is 0 Å². The van der Waals surface area contributed by atoms with Crippen LogP contribution in [-0.2, 0) is 6.18 Å². The van der Waals surface area contributed by atoms with E-state index in [0.717, 1.165) is 24.1 Å². The number of pyridine rings is 1. The molecule has 156 valence electrons. The summed E-state index contributed by atoms with van der Waals surface area (Å²) in [6.45, 7) is 0. The van der Waals surface area contributed by atoms with Crippen LogP contribution in [0.1, 0.15) is 27.2 Å². The quantitative estimate of drug-likeness (QED) is 0.330. The second-order valence-electron chi connectivity index (χ2n) is 6.94. The van der Waals surface area contributed by atoms with Gasteiger partial charge in [-0.3, -0.25) is 4.79 Å². The van der Waals surface area contributed by atoms with E-state index < -0.39 is 11.7 Å². The number of carbonyl (C=O) groups excluding carboxylic acids is 1. The number of H-pyrrole nitrogens is 1. The van der Waals surface area contributed by atoms with Crippen molar-refractivity contribution >= 4 is 23.0 Å². The highest BCUT2D eigenvalue weighted by Crippen LogP contribution is 2.31. The van der Waals surface area contributed by atoms with Crippen LogP contribution >= 0.6 is 0 Å². The van der Waals surface area contributed by atoms with Gasteiger partial charge >= 0.3 is 6.18 Å². The fourth-order valence-corrected chi connectivity index (χ4v) is 3.24. The molecule has 0 radical (unpaired) electrons. The number of nitrogens with zero attached hydrogens (tertiary/aromatic N) is 4. The first-order valence-electron chi connectivity index (χ1n) is 9.39. The molecule has 0 spiro atoms. The second kappa shape index (κ2) is 7.35. The summed E-state index contributed by atoms with van der Waals surface area (Å²) in [5.41, 5.74) is 2.94. The summed E-state index contributed by atoms with van der Waals surface area (Å²) in [5.74, 6) is 5.82. The van der Waals surface area contributed by atoms with Gasteiger partial charge in [-0.2, -0.15) is 18.3 Å². The maximum atomic E-state index is 13.0. The Kier molecular flexibility index (Phi) is 4.48. The van der Waals surface area contributed by atoms with Gasteiger partial charge in [0, 0.05) is 28.9 Å². The van der Waals surface area contributed by atoms with Crippen LogP contribution in [0.2, 0.25) is 0 Å². The lowest BCUT2D eigenvalue weighted by Gasteiger charge is -2.05. The fourth-order valence-electron chi connectivity index (χ4n) is 3.24. The molecule has 0 aliphatic carbocycles. The van der Waals surface area contributed by atoms with Crippen molar-refractivity contribution in [1.29, 1.82) is 0 Å². The zero-order valence-electron chi connectivity index (χ0n) is 16.2. The maximum absolute atomic E-state index is 13.0. The van der Waals surface area contributed by atoms with Crippen LogP contribution in [0.25, 0.3) is 27.9 Å². The number of imidazole rings is 1. The van der Waals surface area contributed by atoms with Crippen LogP contribution in [0.3, 0.4) is 0 Å². The number of hydrogen-bond donors (Lipinski definition) is 1. The molecule has 5 rings (SSSR count). The Labute approximate surface area is 178 Å². The lowest BCUT2D eigenvalue weighted by molar-refractivity contribution is -0.137. The zero-order valence-corrected chi connectivity index (χ0v) is 16.2. The van der Waals surface area contributed by atoms with Crippen molar-refractivity contribution in [2.75, 3.05) is 0 Å². The van der Waals surface area contributed by atoms with Gasteiger partial charge in [-0.15, -0.1) is 0 Å². The highest BCUT2D eigenvalue weighted by atomic mass is 19.4. The number of halogens is 3. The molecule has 0 amide bonds. The molecule has 32 heavy (non-hydrogen) atoms. The number of hydrogen-bond acceptors (Lipinski definition) is 4. The van der Waals surface area contributed by atoms with E-state index in [0.29, 0.717) is 33.8 Å². The van der Waals surface area contributed by atoms with Crippen LogP contribution in [0, 0.1) is 11.8 Å². The number of aromatic amines is 1. The molecule has 0 bridgehead atoms. The lowest BCUT2D eigenvalue weighted by Crippen LogP contribution is -2.05. The minimum absolute atomic E-state index is 0.282. The minimum atomic E-state index is -4.49. The highest BCUT2D eigenvalue weighted by molar-refractivity contribution is 5.83. The molecule has 0 unspecified atom stereocenters. The largest absolute Gasteiger partial charge is 0.417 e. The van der Waals surface area contributed by atoms with Gasteiger partial charge in [0.05, 0.1) is 23.0 Å². The summed E-state index contributed by atoms with van der Waals surface area (Å²) in [6.07, 6.45) is 0.120. The van der Waals surface area contributed by atoms with Crippen molar-refractivity contribution in [1.82, 2.24) is 24.6 Å². The van der Waals surface area contributed by atoms with Crippen molar-refractivity contribution in [2.24, 2.45) is 0 Å². The molecular formula is C23H12F3N5O. The number of aromatic nitrogens is 5. The molecule has 4 aromatic heterocycles. The van der Waals surface area contributed by atoms with E-state index in [-0.39, 0.29) is 5.39 Å². The van der Waals surface area contributed by atoms with E-state index in [9.17, 15) is 18.0 Å². The SMILES string of the molecule is O=Cc1ccc(-c2ccc3ncc(C#Cc4c[nH]c5ncc(C(F)(F)F)cc45)n3n2)cc1. The van der Waals surface area contributed by atoms with E-state index >= 15 is 0 Å². The van der Waals surface area contributed by atoms with E-state index in [1.54, 1.807) is 47.1 Å². The molecule has 0 fully saturated rings. The monoisotopic (exact) mass is 431 g/mol. The van der Waals surface area contributed by atoms with Crippen LogP contribution in [0.4, 0.5) is 13.2 Å². The smallest absolute Gasteiger partial charge is 0.345 e. The van der Waals surface area contributed by atoms with Crippen LogP contribution < -0.4 is 0 Å². The number of aldehydes is 1. The highest BCUT2D eigenvalue weighted by Gasteiger charge is 2.31. The number of benzene rings is 1. The van der Waals surface area contributed by atoms with Crippen molar-refractivity contribution in [3.8, 4) is 23.1 Å². The summed E-state index contributed by atoms with van der Waals surface area (Å²) >= 11 is 0. The number of carbonyl (C=O) groups is 1. The summed E-state index contributed by atoms with van der Waals surface area (Å²) < 4.78 is 40.7. The average Bonchev–Trinajstić information content (AvgIpc) is 3.40. The topological polar surface area (TPSA) is 75.9 Å². The molecular weight excluding hydrogens is 419 g/mol. The van der Waals surface area contributed by atoms with E-state index in [2.05, 4.69) is 31.9 Å². The third kappa shape index (κ3) is 3.48. The Morgan fingerprint density at radius 1 is 1.00 bits per heavy atom. The normalized spacial score (nSPS) is 11.5. The van der Waals surface area contributed by atoms with Gasteiger partial charge in [0.1, 0.15) is 17.6 Å². The Morgan fingerprint density at radius 3 is 2.56 bits per heavy atom. The molecule has 6 nitrogen and oxygen atoms in total. The van der Waals surface area contributed by atoms with E-state index in [4.69, 9.17) is 0 Å². The Bertz CT molecular complexity index is 1540. The number of nitrogens with one attached hydrogen (secondary N) is 1. The summed E-state index contributed by atoms with van der Waals surface area (Å²) in [7, 11) is 0. The van der Waals surface area contributed by atoms with Gasteiger partial charge in [-0.1, -0.05) is 30.2 Å². The molecule has 0 saturated heterocycles. The maximum Gasteiger partial charge on any atom is 0.417 e. The van der Waals surface area contributed by atoms with Crippen molar-refractivity contribution < 1.29 is 18.0 Å². The first-order valence-corrected chi connectivity index (χ1v) is 9.39. The Hall–Kier alpha value is -4.45. The predicted molar refractivity (Wildman–Crippen MR) is 111 cm³/mol. The molecule has 5 aromatic rings. The molecule has 4 heterocycles. The number of rotatable bonds is 2. The third-order valence-corrected chi connectivity index (χ3v) is 4.89. The Balaban J connectivity index is 1.55. The number of alkyl halides is 3. The van der Waals surface area contributed by atoms with Gasteiger partial charge in [-0.25, -0.2) is 14.5 Å². The number of fused-ring (bicyclic) bond motifs is 2. The summed E-state index contributed by atoms with van der Waals surface area (Å²) in [6, 6.07) is 11.6. The van der Waals surface area contributed by atoms with E-state index in [1.807, 2.05) is 0 Å². The first-order chi connectivity index (χ1) is 15.4. The summed E-state index contributed by atoms with van der Waals surface area (Å²) in [4.78, 5) is 21.8. The molecule has 0 aliphatic rings. The van der Waals surface area contributed by atoms with Crippen LogP contribution in [0.5, 0.6) is 0 Å². The fraction of sp³-hybridized carbons (Fsp3) is 0.0435. The average molecular weight is 431 g/mol. The predicted octanol–water partition coefficient (Wildman–Crippen LogP) is 4.50. The summed E-state index contributed by atoms with van der Waals surface area (Å²) in [5, 5.41) is 4.85. The van der Waals surface area contributed by atoms with Gasteiger partial charge in [-0.05, 0) is 24.1 Å². The van der Waals surface area contributed by atoms with Crippen molar-refractivity contribution in [2.45, 2.75) is 6.18 Å². The lowest BCUT2D eigenvalue weighted by atomic mass is 10.1. The third-order valence-electron chi connectivity index (χ3n) is 4.89. The van der Waals surface area contributed by atoms with Gasteiger partial charge in [0.15, 0.2) is 5.65 Å². The molecule has 1 aromatic carbocycles. The molecule has 9 heteroatoms. The van der Waals surface area contributed by atoms with Gasteiger partial charge < -0.3 is 4.98 Å². The van der Waals surface area contributed by atoms with E-state index in [1.165, 1.54) is 6.20 Å². The van der Waals surface area contributed by atoms with Crippen molar-refractivity contribution in [3.63, 3.8) is 0 Å².